The van der Waals surface area contributed by atoms with Crippen LogP contribution >= 0.6 is 0 Å². The van der Waals surface area contributed by atoms with E-state index >= 15 is 0 Å². The maximum atomic E-state index is 12.0. The Bertz CT molecular complexity index is 434. The highest BCUT2D eigenvalue weighted by molar-refractivity contribution is 5.94. The van der Waals surface area contributed by atoms with Gasteiger partial charge in [-0.1, -0.05) is 20.3 Å². The minimum absolute atomic E-state index is 0.0545. The second-order valence-electron chi connectivity index (χ2n) is 4.67. The molecule has 0 aliphatic heterocycles. The molecule has 0 aliphatic carbocycles. The van der Waals surface area contributed by atoms with Crippen LogP contribution in [0.2, 0.25) is 0 Å². The van der Waals surface area contributed by atoms with Crippen LogP contribution < -0.4 is 19.5 Å². The zero-order valence-electron chi connectivity index (χ0n) is 12.8. The molecule has 0 radical (unpaired) electrons. The van der Waals surface area contributed by atoms with Gasteiger partial charge in [0.1, 0.15) is 22.9 Å². The summed E-state index contributed by atoms with van der Waals surface area (Å²) < 4.78 is 15.7. The van der Waals surface area contributed by atoms with E-state index in [2.05, 4.69) is 12.2 Å². The quantitative estimate of drug-likeness (QED) is 0.834. The van der Waals surface area contributed by atoms with Crippen LogP contribution in [0, 0.1) is 5.92 Å². The number of ether oxygens (including phenoxy) is 3. The van der Waals surface area contributed by atoms with Crippen LogP contribution in [0.1, 0.15) is 26.7 Å². The van der Waals surface area contributed by atoms with Crippen molar-refractivity contribution in [2.75, 3.05) is 26.6 Å². The Kier molecular flexibility index (Phi) is 6.15. The number of methoxy groups -OCH3 is 3. The van der Waals surface area contributed by atoms with Gasteiger partial charge < -0.3 is 19.5 Å². The van der Waals surface area contributed by atoms with Gasteiger partial charge in [0.15, 0.2) is 0 Å². The lowest BCUT2D eigenvalue weighted by Crippen LogP contribution is -2.16. The first kappa shape index (κ1) is 16.1. The number of benzene rings is 1. The molecule has 1 N–H and O–H groups in total. The van der Waals surface area contributed by atoms with Gasteiger partial charge in [-0.3, -0.25) is 4.79 Å². The van der Waals surface area contributed by atoms with E-state index in [1.807, 2.05) is 6.92 Å². The summed E-state index contributed by atoms with van der Waals surface area (Å²) in [5.74, 6) is 1.92. The summed E-state index contributed by atoms with van der Waals surface area (Å²) in [6.07, 6.45) is 1.43. The van der Waals surface area contributed by atoms with Crippen LogP contribution in [0.4, 0.5) is 5.69 Å². The Hall–Kier alpha value is -1.91. The Morgan fingerprint density at radius 1 is 1.15 bits per heavy atom. The summed E-state index contributed by atoms with van der Waals surface area (Å²) in [7, 11) is 4.65. The van der Waals surface area contributed by atoms with Gasteiger partial charge >= 0.3 is 0 Å². The lowest BCUT2D eigenvalue weighted by Gasteiger charge is -2.16. The number of nitrogens with one attached hydrogen (secondary N) is 1. The van der Waals surface area contributed by atoms with Crippen molar-refractivity contribution in [2.24, 2.45) is 5.92 Å². The third kappa shape index (κ3) is 4.05. The van der Waals surface area contributed by atoms with Crippen molar-refractivity contribution in [2.45, 2.75) is 26.7 Å². The van der Waals surface area contributed by atoms with Gasteiger partial charge in [0.05, 0.1) is 21.3 Å². The molecule has 20 heavy (non-hydrogen) atoms. The second-order valence-corrected chi connectivity index (χ2v) is 4.67. The van der Waals surface area contributed by atoms with E-state index in [9.17, 15) is 4.79 Å². The molecule has 5 heteroatoms. The molecule has 0 heterocycles. The topological polar surface area (TPSA) is 56.8 Å². The standard InChI is InChI=1S/C15H23NO4/c1-6-10(2)7-14(17)16-15-12(19-4)8-11(18-3)9-13(15)20-5/h8-10H,6-7H2,1-5H3,(H,16,17)/t10-/m1/s1. The van der Waals surface area contributed by atoms with Gasteiger partial charge in [0.2, 0.25) is 5.91 Å². The minimum atomic E-state index is -0.0545. The predicted octanol–water partition coefficient (Wildman–Crippen LogP) is 3.09. The summed E-state index contributed by atoms with van der Waals surface area (Å²) in [5.41, 5.74) is 0.532. The SMILES string of the molecule is CC[C@@H](C)CC(=O)Nc1c(OC)cc(OC)cc1OC. The number of amides is 1. The Morgan fingerprint density at radius 3 is 2.10 bits per heavy atom. The molecule has 1 atom stereocenters. The lowest BCUT2D eigenvalue weighted by molar-refractivity contribution is -0.117. The molecular formula is C15H23NO4. The molecule has 5 nitrogen and oxygen atoms in total. The number of carbonyl (C=O) groups excluding carboxylic acids is 1. The van der Waals surface area contributed by atoms with E-state index in [4.69, 9.17) is 14.2 Å². The number of carbonyl (C=O) groups is 1. The van der Waals surface area contributed by atoms with Crippen LogP contribution in [0.3, 0.4) is 0 Å². The zero-order valence-corrected chi connectivity index (χ0v) is 12.8. The minimum Gasteiger partial charge on any atom is -0.496 e. The number of hydrogen-bond acceptors (Lipinski definition) is 4. The number of anilines is 1. The molecule has 0 fully saturated rings. The van der Waals surface area contributed by atoms with Gasteiger partial charge in [0, 0.05) is 18.6 Å². The predicted molar refractivity (Wildman–Crippen MR) is 78.8 cm³/mol. The molecule has 112 valence electrons. The fourth-order valence-electron chi connectivity index (χ4n) is 1.78. The van der Waals surface area contributed by atoms with E-state index in [1.54, 1.807) is 33.5 Å². The fraction of sp³-hybridized carbons (Fsp3) is 0.533. The summed E-state index contributed by atoms with van der Waals surface area (Å²) in [4.78, 5) is 12.0. The molecule has 0 spiro atoms. The summed E-state index contributed by atoms with van der Waals surface area (Å²) >= 11 is 0. The maximum absolute atomic E-state index is 12.0. The zero-order chi connectivity index (χ0) is 15.1. The van der Waals surface area contributed by atoms with Crippen molar-refractivity contribution in [1.82, 2.24) is 0 Å². The molecule has 0 unspecified atom stereocenters. The van der Waals surface area contributed by atoms with Gasteiger partial charge in [-0.2, -0.15) is 0 Å². The highest BCUT2D eigenvalue weighted by Gasteiger charge is 2.16. The molecule has 1 aromatic rings. The molecule has 1 rings (SSSR count). The van der Waals surface area contributed by atoms with E-state index < -0.39 is 0 Å². The van der Waals surface area contributed by atoms with Crippen LogP contribution in [0.5, 0.6) is 17.2 Å². The van der Waals surface area contributed by atoms with Gasteiger partial charge in [-0.25, -0.2) is 0 Å². The summed E-state index contributed by atoms with van der Waals surface area (Å²) in [5, 5.41) is 2.85. The van der Waals surface area contributed by atoms with Crippen molar-refractivity contribution in [3.63, 3.8) is 0 Å². The summed E-state index contributed by atoms with van der Waals surface area (Å²) in [6.45, 7) is 4.11. The lowest BCUT2D eigenvalue weighted by atomic mass is 10.0. The largest absolute Gasteiger partial charge is 0.496 e. The smallest absolute Gasteiger partial charge is 0.224 e. The molecule has 1 aromatic carbocycles. The van der Waals surface area contributed by atoms with Crippen molar-refractivity contribution in [3.8, 4) is 17.2 Å². The van der Waals surface area contributed by atoms with E-state index in [1.165, 1.54) is 0 Å². The third-order valence-electron chi connectivity index (χ3n) is 3.21. The first-order valence-corrected chi connectivity index (χ1v) is 6.65. The summed E-state index contributed by atoms with van der Waals surface area (Å²) in [6, 6.07) is 3.42. The van der Waals surface area contributed by atoms with E-state index in [0.717, 1.165) is 6.42 Å². The second kappa shape index (κ2) is 7.62. The van der Waals surface area contributed by atoms with Crippen LogP contribution in [0.25, 0.3) is 0 Å². The van der Waals surface area contributed by atoms with Crippen molar-refractivity contribution in [1.29, 1.82) is 0 Å². The normalized spacial score (nSPS) is 11.7. The van der Waals surface area contributed by atoms with Crippen LogP contribution in [-0.4, -0.2) is 27.2 Å². The van der Waals surface area contributed by atoms with Crippen molar-refractivity contribution < 1.29 is 19.0 Å². The van der Waals surface area contributed by atoms with Crippen molar-refractivity contribution >= 4 is 11.6 Å². The molecule has 0 saturated carbocycles. The van der Waals surface area contributed by atoms with Crippen LogP contribution in [0.15, 0.2) is 12.1 Å². The fourth-order valence-corrected chi connectivity index (χ4v) is 1.78. The van der Waals surface area contributed by atoms with Gasteiger partial charge in [0.25, 0.3) is 0 Å². The van der Waals surface area contributed by atoms with Gasteiger partial charge in [-0.15, -0.1) is 0 Å². The first-order chi connectivity index (χ1) is 9.55. The highest BCUT2D eigenvalue weighted by atomic mass is 16.5. The highest BCUT2D eigenvalue weighted by Crippen LogP contribution is 2.39. The molecule has 1 amide bonds. The van der Waals surface area contributed by atoms with E-state index in [0.29, 0.717) is 35.3 Å². The van der Waals surface area contributed by atoms with E-state index in [-0.39, 0.29) is 5.91 Å². The molecule has 0 aliphatic rings. The molecule has 0 aromatic heterocycles. The molecule has 0 saturated heterocycles. The average molecular weight is 281 g/mol. The maximum Gasteiger partial charge on any atom is 0.224 e. The number of hydrogen-bond donors (Lipinski definition) is 1. The van der Waals surface area contributed by atoms with Crippen molar-refractivity contribution in [3.05, 3.63) is 12.1 Å². The number of rotatable bonds is 7. The van der Waals surface area contributed by atoms with Crippen LogP contribution in [-0.2, 0) is 4.79 Å². The Labute approximate surface area is 120 Å². The van der Waals surface area contributed by atoms with Gasteiger partial charge in [-0.05, 0) is 5.92 Å². The first-order valence-electron chi connectivity index (χ1n) is 6.65. The monoisotopic (exact) mass is 281 g/mol. The molecular weight excluding hydrogens is 258 g/mol. The average Bonchev–Trinajstić information content (AvgIpc) is 2.46. The molecule has 0 bridgehead atoms. The Morgan fingerprint density at radius 2 is 1.70 bits per heavy atom. The Balaban J connectivity index is 3.00. The third-order valence-corrected chi connectivity index (χ3v) is 3.21.